The lowest BCUT2D eigenvalue weighted by Gasteiger charge is -2.34. The van der Waals surface area contributed by atoms with Crippen molar-refractivity contribution in [2.24, 2.45) is 7.05 Å². The summed E-state index contributed by atoms with van der Waals surface area (Å²) in [4.78, 5) is 0. The van der Waals surface area contributed by atoms with Gasteiger partial charge in [-0.15, -0.1) is 0 Å². The van der Waals surface area contributed by atoms with E-state index in [1.54, 1.807) is 0 Å². The van der Waals surface area contributed by atoms with Gasteiger partial charge in [0.2, 0.25) is 0 Å². The monoisotopic (exact) mass is 289 g/mol. The van der Waals surface area contributed by atoms with Gasteiger partial charge < -0.3 is 9.30 Å². The van der Waals surface area contributed by atoms with E-state index < -0.39 is 0 Å². The SMILES string of the molecule is CCc1cc(-c2ccn(C)n2)cn1C(C)(CC)OC(C)C. The maximum absolute atomic E-state index is 6.21. The van der Waals surface area contributed by atoms with Crippen LogP contribution in [-0.4, -0.2) is 20.5 Å². The molecule has 0 aliphatic carbocycles. The van der Waals surface area contributed by atoms with Crippen LogP contribution in [0.25, 0.3) is 11.3 Å². The summed E-state index contributed by atoms with van der Waals surface area (Å²) in [5.41, 5.74) is 3.13. The van der Waals surface area contributed by atoms with Gasteiger partial charge in [0, 0.05) is 30.7 Å². The van der Waals surface area contributed by atoms with Crippen molar-refractivity contribution in [3.8, 4) is 11.3 Å². The van der Waals surface area contributed by atoms with E-state index in [4.69, 9.17) is 4.74 Å². The van der Waals surface area contributed by atoms with Crippen LogP contribution >= 0.6 is 0 Å². The summed E-state index contributed by atoms with van der Waals surface area (Å²) in [5, 5.41) is 4.50. The van der Waals surface area contributed by atoms with Crippen LogP contribution in [0.5, 0.6) is 0 Å². The van der Waals surface area contributed by atoms with Crippen LogP contribution in [0.1, 0.15) is 46.7 Å². The molecule has 0 radical (unpaired) electrons. The lowest BCUT2D eigenvalue weighted by atomic mass is 10.1. The average molecular weight is 289 g/mol. The van der Waals surface area contributed by atoms with E-state index in [-0.39, 0.29) is 11.8 Å². The molecular formula is C17H27N3O. The van der Waals surface area contributed by atoms with E-state index in [0.717, 1.165) is 24.1 Å². The molecule has 0 aliphatic rings. The summed E-state index contributed by atoms with van der Waals surface area (Å²) in [6.45, 7) is 10.7. The molecule has 2 rings (SSSR count). The lowest BCUT2D eigenvalue weighted by molar-refractivity contribution is -0.127. The largest absolute Gasteiger partial charge is 0.353 e. The van der Waals surface area contributed by atoms with Crippen molar-refractivity contribution in [2.45, 2.75) is 59.3 Å². The molecule has 0 bridgehead atoms. The summed E-state index contributed by atoms with van der Waals surface area (Å²) in [5.74, 6) is 0. The van der Waals surface area contributed by atoms with Crippen molar-refractivity contribution in [2.75, 3.05) is 0 Å². The third-order valence-electron chi connectivity index (χ3n) is 3.93. The first kappa shape index (κ1) is 15.8. The Bertz CT molecular complexity index is 597. The molecule has 0 aliphatic heterocycles. The second-order valence-corrected chi connectivity index (χ2v) is 6.01. The molecule has 2 heterocycles. The summed E-state index contributed by atoms with van der Waals surface area (Å²) in [7, 11) is 1.94. The van der Waals surface area contributed by atoms with Gasteiger partial charge in [-0.1, -0.05) is 13.8 Å². The first-order valence-corrected chi connectivity index (χ1v) is 7.79. The molecule has 0 fully saturated rings. The average Bonchev–Trinajstić information content (AvgIpc) is 3.03. The molecule has 0 amide bonds. The molecule has 4 nitrogen and oxygen atoms in total. The number of hydrogen-bond donors (Lipinski definition) is 0. The molecule has 4 heteroatoms. The maximum atomic E-state index is 6.21. The fourth-order valence-electron chi connectivity index (χ4n) is 2.75. The van der Waals surface area contributed by atoms with Gasteiger partial charge in [0.15, 0.2) is 0 Å². The van der Waals surface area contributed by atoms with E-state index in [0.29, 0.717) is 0 Å². The fraction of sp³-hybridized carbons (Fsp3) is 0.588. The van der Waals surface area contributed by atoms with E-state index >= 15 is 0 Å². The van der Waals surface area contributed by atoms with Crippen LogP contribution in [0, 0.1) is 0 Å². The van der Waals surface area contributed by atoms with Gasteiger partial charge in [-0.05, 0) is 45.7 Å². The van der Waals surface area contributed by atoms with Crippen LogP contribution < -0.4 is 0 Å². The number of nitrogens with zero attached hydrogens (tertiary/aromatic N) is 3. The topological polar surface area (TPSA) is 32.0 Å². The van der Waals surface area contributed by atoms with Gasteiger partial charge in [-0.2, -0.15) is 5.10 Å². The smallest absolute Gasteiger partial charge is 0.141 e. The number of aromatic nitrogens is 3. The number of hydrogen-bond acceptors (Lipinski definition) is 2. The van der Waals surface area contributed by atoms with Crippen molar-refractivity contribution in [3.05, 3.63) is 30.2 Å². The predicted octanol–water partition coefficient (Wildman–Crippen LogP) is 3.96. The quantitative estimate of drug-likeness (QED) is 0.806. The van der Waals surface area contributed by atoms with Crippen molar-refractivity contribution in [3.63, 3.8) is 0 Å². The predicted molar refractivity (Wildman–Crippen MR) is 86.2 cm³/mol. The first-order valence-electron chi connectivity index (χ1n) is 7.79. The van der Waals surface area contributed by atoms with Crippen LogP contribution in [-0.2, 0) is 23.9 Å². The Kier molecular flexibility index (Phi) is 4.57. The Hall–Kier alpha value is -1.55. The molecule has 116 valence electrons. The first-order chi connectivity index (χ1) is 9.89. The van der Waals surface area contributed by atoms with Gasteiger partial charge in [-0.3, -0.25) is 4.68 Å². The second kappa shape index (κ2) is 6.06. The van der Waals surface area contributed by atoms with Gasteiger partial charge in [0.1, 0.15) is 5.72 Å². The van der Waals surface area contributed by atoms with Crippen LogP contribution in [0.15, 0.2) is 24.5 Å². The van der Waals surface area contributed by atoms with Crippen molar-refractivity contribution >= 4 is 0 Å². The van der Waals surface area contributed by atoms with E-state index in [2.05, 4.69) is 56.5 Å². The van der Waals surface area contributed by atoms with E-state index in [1.165, 1.54) is 5.69 Å². The zero-order chi connectivity index (χ0) is 15.6. The van der Waals surface area contributed by atoms with E-state index in [1.807, 2.05) is 24.0 Å². The summed E-state index contributed by atoms with van der Waals surface area (Å²) in [6, 6.07) is 4.27. The zero-order valence-electron chi connectivity index (χ0n) is 14.1. The second-order valence-electron chi connectivity index (χ2n) is 6.01. The highest BCUT2D eigenvalue weighted by atomic mass is 16.5. The van der Waals surface area contributed by atoms with Crippen LogP contribution in [0.4, 0.5) is 0 Å². The highest BCUT2D eigenvalue weighted by molar-refractivity contribution is 5.59. The number of ether oxygens (including phenoxy) is 1. The Morgan fingerprint density at radius 3 is 2.52 bits per heavy atom. The van der Waals surface area contributed by atoms with Gasteiger partial charge in [0.25, 0.3) is 0 Å². The lowest BCUT2D eigenvalue weighted by Crippen LogP contribution is -2.35. The molecular weight excluding hydrogens is 262 g/mol. The molecule has 2 aromatic rings. The highest BCUT2D eigenvalue weighted by Gasteiger charge is 2.28. The summed E-state index contributed by atoms with van der Waals surface area (Å²) < 4.78 is 10.3. The fourth-order valence-corrected chi connectivity index (χ4v) is 2.75. The van der Waals surface area contributed by atoms with Gasteiger partial charge in [-0.25, -0.2) is 0 Å². The Morgan fingerprint density at radius 2 is 2.05 bits per heavy atom. The van der Waals surface area contributed by atoms with Gasteiger partial charge in [0.05, 0.1) is 11.8 Å². The third-order valence-corrected chi connectivity index (χ3v) is 3.93. The molecule has 0 saturated carbocycles. The molecule has 0 aromatic carbocycles. The van der Waals surface area contributed by atoms with Crippen molar-refractivity contribution < 1.29 is 4.74 Å². The maximum Gasteiger partial charge on any atom is 0.141 e. The van der Waals surface area contributed by atoms with Crippen LogP contribution in [0.2, 0.25) is 0 Å². The molecule has 0 saturated heterocycles. The Balaban J connectivity index is 2.45. The molecule has 0 N–H and O–H groups in total. The normalized spacial score (nSPS) is 14.6. The minimum atomic E-state index is -0.313. The Labute approximate surface area is 127 Å². The molecule has 1 unspecified atom stereocenters. The number of rotatable bonds is 6. The Morgan fingerprint density at radius 1 is 1.33 bits per heavy atom. The molecule has 0 spiro atoms. The molecule has 1 atom stereocenters. The number of aryl methyl sites for hydroxylation is 2. The van der Waals surface area contributed by atoms with Crippen LogP contribution in [0.3, 0.4) is 0 Å². The minimum absolute atomic E-state index is 0.195. The standard InChI is InChI=1S/C17H27N3O/c1-7-15-11-14(16-9-10-19(6)18-16)12-20(15)17(5,8-2)21-13(3)4/h9-13H,7-8H2,1-6H3. The highest BCUT2D eigenvalue weighted by Crippen LogP contribution is 2.30. The van der Waals surface area contributed by atoms with E-state index in [9.17, 15) is 0 Å². The minimum Gasteiger partial charge on any atom is -0.353 e. The third kappa shape index (κ3) is 3.21. The van der Waals surface area contributed by atoms with Gasteiger partial charge >= 0.3 is 0 Å². The summed E-state index contributed by atoms with van der Waals surface area (Å²) in [6.07, 6.45) is 6.24. The van der Waals surface area contributed by atoms with Crippen molar-refractivity contribution in [1.29, 1.82) is 0 Å². The molecule has 2 aromatic heterocycles. The summed E-state index contributed by atoms with van der Waals surface area (Å²) >= 11 is 0. The molecule has 21 heavy (non-hydrogen) atoms. The zero-order valence-corrected chi connectivity index (χ0v) is 14.1. The van der Waals surface area contributed by atoms with Crippen molar-refractivity contribution in [1.82, 2.24) is 14.3 Å².